The molecule has 1 fully saturated rings. The van der Waals surface area contributed by atoms with Gasteiger partial charge in [0.05, 0.1) is 11.6 Å². The minimum atomic E-state index is -4.33. The first-order valence-corrected chi connectivity index (χ1v) is 8.27. The number of hydrogen-bond acceptors (Lipinski definition) is 2. The third-order valence-corrected chi connectivity index (χ3v) is 4.58. The van der Waals surface area contributed by atoms with E-state index >= 15 is 0 Å². The van der Waals surface area contributed by atoms with Crippen LogP contribution < -0.4 is 5.32 Å². The number of halogens is 5. The van der Waals surface area contributed by atoms with E-state index in [1.807, 2.05) is 24.3 Å². The monoisotopic (exact) mass is 388 g/mol. The summed E-state index contributed by atoms with van der Waals surface area (Å²) in [4.78, 5) is 2.11. The van der Waals surface area contributed by atoms with Crippen molar-refractivity contribution < 1.29 is 17.6 Å². The van der Waals surface area contributed by atoms with Gasteiger partial charge in [0.25, 0.3) is 0 Å². The van der Waals surface area contributed by atoms with Crippen LogP contribution in [0.1, 0.15) is 17.2 Å². The Morgan fingerprint density at radius 3 is 1.85 bits per heavy atom. The number of piperazine rings is 1. The van der Waals surface area contributed by atoms with E-state index in [4.69, 9.17) is 0 Å². The fourth-order valence-corrected chi connectivity index (χ4v) is 3.14. The van der Waals surface area contributed by atoms with Gasteiger partial charge >= 0.3 is 6.18 Å². The van der Waals surface area contributed by atoms with Gasteiger partial charge in [-0.2, -0.15) is 13.2 Å². The average Bonchev–Trinajstić information content (AvgIpc) is 2.63. The van der Waals surface area contributed by atoms with Crippen LogP contribution in [0.4, 0.5) is 17.6 Å². The summed E-state index contributed by atoms with van der Waals surface area (Å²) in [6.07, 6.45) is -4.33. The molecule has 142 valence electrons. The molecule has 1 heterocycles. The van der Waals surface area contributed by atoms with Gasteiger partial charge in [-0.1, -0.05) is 36.4 Å². The van der Waals surface area contributed by atoms with Crippen LogP contribution in [0.3, 0.4) is 0 Å². The van der Waals surface area contributed by atoms with Crippen molar-refractivity contribution in [1.82, 2.24) is 10.2 Å². The van der Waals surface area contributed by atoms with Crippen molar-refractivity contribution in [3.05, 3.63) is 59.7 Å². The Hall–Kier alpha value is -1.63. The van der Waals surface area contributed by atoms with Gasteiger partial charge in [0.1, 0.15) is 6.67 Å². The average molecular weight is 389 g/mol. The van der Waals surface area contributed by atoms with E-state index in [2.05, 4.69) is 10.2 Å². The number of benzene rings is 2. The molecular formula is C19H21ClF4N2. The van der Waals surface area contributed by atoms with Gasteiger partial charge in [0.2, 0.25) is 0 Å². The lowest BCUT2D eigenvalue weighted by atomic mass is 9.99. The summed E-state index contributed by atoms with van der Waals surface area (Å²) in [7, 11) is 0. The molecule has 0 unspecified atom stereocenters. The van der Waals surface area contributed by atoms with Crippen LogP contribution in [-0.4, -0.2) is 37.8 Å². The van der Waals surface area contributed by atoms with Gasteiger partial charge in [-0.15, -0.1) is 12.4 Å². The Kier molecular flexibility index (Phi) is 7.03. The predicted molar refractivity (Wildman–Crippen MR) is 97.3 cm³/mol. The maximum Gasteiger partial charge on any atom is 0.416 e. The third kappa shape index (κ3) is 4.75. The van der Waals surface area contributed by atoms with Gasteiger partial charge in [0.15, 0.2) is 0 Å². The van der Waals surface area contributed by atoms with Gasteiger partial charge in [-0.25, -0.2) is 4.39 Å². The molecule has 1 aliphatic heterocycles. The van der Waals surface area contributed by atoms with E-state index in [1.165, 1.54) is 12.1 Å². The topological polar surface area (TPSA) is 15.3 Å². The highest BCUT2D eigenvalue weighted by Gasteiger charge is 2.30. The first kappa shape index (κ1) is 20.7. The molecule has 1 aliphatic rings. The molecule has 7 heteroatoms. The van der Waals surface area contributed by atoms with Crippen molar-refractivity contribution >= 4 is 12.4 Å². The van der Waals surface area contributed by atoms with Crippen LogP contribution in [-0.2, 0) is 6.18 Å². The summed E-state index contributed by atoms with van der Waals surface area (Å²) < 4.78 is 51.4. The molecule has 2 aromatic rings. The highest BCUT2D eigenvalue weighted by molar-refractivity contribution is 5.85. The zero-order chi connectivity index (χ0) is 17.9. The SMILES string of the molecule is Cl.FC[C@@H](c1ccc(-c2ccc(C(F)(F)F)cc2)cc1)N1CCNCC1. The normalized spacial score (nSPS) is 16.8. The molecule has 1 atom stereocenters. The molecular weight excluding hydrogens is 368 g/mol. The lowest BCUT2D eigenvalue weighted by Crippen LogP contribution is -2.45. The minimum absolute atomic E-state index is 0. The lowest BCUT2D eigenvalue weighted by molar-refractivity contribution is -0.137. The molecule has 26 heavy (non-hydrogen) atoms. The summed E-state index contributed by atoms with van der Waals surface area (Å²) in [6, 6.07) is 12.2. The molecule has 0 amide bonds. The zero-order valence-electron chi connectivity index (χ0n) is 14.1. The fourth-order valence-electron chi connectivity index (χ4n) is 3.14. The van der Waals surface area contributed by atoms with E-state index in [-0.39, 0.29) is 18.4 Å². The second-order valence-corrected chi connectivity index (χ2v) is 6.15. The Morgan fingerprint density at radius 1 is 0.885 bits per heavy atom. The molecule has 1 N–H and O–H groups in total. The zero-order valence-corrected chi connectivity index (χ0v) is 14.9. The van der Waals surface area contributed by atoms with Crippen molar-refractivity contribution in [1.29, 1.82) is 0 Å². The Bertz CT molecular complexity index is 680. The summed E-state index contributed by atoms with van der Waals surface area (Å²) in [6.45, 7) is 2.84. The van der Waals surface area contributed by atoms with Crippen molar-refractivity contribution in [2.45, 2.75) is 12.2 Å². The molecule has 0 aromatic heterocycles. The molecule has 0 saturated carbocycles. The maximum atomic E-state index is 13.5. The van der Waals surface area contributed by atoms with Gasteiger partial charge in [-0.3, -0.25) is 4.90 Å². The largest absolute Gasteiger partial charge is 0.416 e. The van der Waals surface area contributed by atoms with Crippen LogP contribution in [0.5, 0.6) is 0 Å². The molecule has 1 saturated heterocycles. The van der Waals surface area contributed by atoms with Gasteiger partial charge in [-0.05, 0) is 28.8 Å². The van der Waals surface area contributed by atoms with E-state index in [0.29, 0.717) is 5.56 Å². The van der Waals surface area contributed by atoms with Crippen LogP contribution >= 0.6 is 12.4 Å². The standard InChI is InChI=1S/C19H20F4N2.ClH/c20-13-18(25-11-9-24-10-12-25)16-3-1-14(2-4-16)15-5-7-17(8-6-15)19(21,22)23;/h1-8,18,24H,9-13H2;1H/t18-;/m0./s1. The van der Waals surface area contributed by atoms with Crippen molar-refractivity contribution in [3.63, 3.8) is 0 Å². The molecule has 0 spiro atoms. The van der Waals surface area contributed by atoms with E-state index in [1.54, 1.807) is 0 Å². The molecule has 0 radical (unpaired) electrons. The van der Waals surface area contributed by atoms with Crippen LogP contribution in [0.2, 0.25) is 0 Å². The van der Waals surface area contributed by atoms with Gasteiger partial charge < -0.3 is 5.32 Å². The summed E-state index contributed by atoms with van der Waals surface area (Å²) in [5.74, 6) is 0. The highest BCUT2D eigenvalue weighted by Crippen LogP contribution is 2.31. The molecule has 3 rings (SSSR count). The van der Waals surface area contributed by atoms with Crippen LogP contribution in [0.15, 0.2) is 48.5 Å². The second-order valence-electron chi connectivity index (χ2n) is 6.15. The Labute approximate surface area is 156 Å². The fraction of sp³-hybridized carbons (Fsp3) is 0.368. The van der Waals surface area contributed by atoms with E-state index in [0.717, 1.165) is 49.4 Å². The Morgan fingerprint density at radius 2 is 1.38 bits per heavy atom. The predicted octanol–water partition coefficient (Wildman–Crippen LogP) is 4.71. The van der Waals surface area contributed by atoms with E-state index < -0.39 is 18.4 Å². The van der Waals surface area contributed by atoms with Crippen molar-refractivity contribution in [2.75, 3.05) is 32.9 Å². The smallest absolute Gasteiger partial charge is 0.314 e. The minimum Gasteiger partial charge on any atom is -0.314 e. The number of nitrogens with one attached hydrogen (secondary N) is 1. The molecule has 2 nitrogen and oxygen atoms in total. The van der Waals surface area contributed by atoms with Crippen molar-refractivity contribution in [2.24, 2.45) is 0 Å². The maximum absolute atomic E-state index is 13.5. The van der Waals surface area contributed by atoms with Crippen LogP contribution in [0.25, 0.3) is 11.1 Å². The molecule has 0 bridgehead atoms. The Balaban J connectivity index is 0.00000243. The first-order chi connectivity index (χ1) is 12.0. The number of alkyl halides is 4. The van der Waals surface area contributed by atoms with Crippen LogP contribution in [0, 0.1) is 0 Å². The highest BCUT2D eigenvalue weighted by atomic mass is 35.5. The summed E-state index contributed by atoms with van der Waals surface area (Å²) in [5, 5.41) is 3.25. The third-order valence-electron chi connectivity index (χ3n) is 4.58. The summed E-state index contributed by atoms with van der Waals surface area (Å²) >= 11 is 0. The molecule has 2 aromatic carbocycles. The number of nitrogens with zero attached hydrogens (tertiary/aromatic N) is 1. The van der Waals surface area contributed by atoms with Gasteiger partial charge in [0, 0.05) is 26.2 Å². The summed E-state index contributed by atoms with van der Waals surface area (Å²) in [5.41, 5.74) is 1.75. The first-order valence-electron chi connectivity index (χ1n) is 8.27. The number of rotatable bonds is 4. The van der Waals surface area contributed by atoms with E-state index in [9.17, 15) is 17.6 Å². The number of hydrogen-bond donors (Lipinski definition) is 1. The quantitative estimate of drug-likeness (QED) is 0.763. The second kappa shape index (κ2) is 8.84. The lowest BCUT2D eigenvalue weighted by Gasteiger charge is -2.33. The molecule has 0 aliphatic carbocycles. The van der Waals surface area contributed by atoms with Crippen molar-refractivity contribution in [3.8, 4) is 11.1 Å².